The molecule has 2 rings (SSSR count). The molecule has 1 aromatic rings. The molecule has 1 atom stereocenters. The summed E-state index contributed by atoms with van der Waals surface area (Å²) in [5.41, 5.74) is 7.47. The van der Waals surface area contributed by atoms with Crippen molar-refractivity contribution in [3.63, 3.8) is 0 Å². The highest BCUT2D eigenvalue weighted by Crippen LogP contribution is 2.18. The van der Waals surface area contributed by atoms with Crippen molar-refractivity contribution in [3.8, 4) is 0 Å². The van der Waals surface area contributed by atoms with Crippen LogP contribution in [0.4, 0.5) is 11.4 Å². The van der Waals surface area contributed by atoms with Crippen LogP contribution in [0, 0.1) is 0 Å². The molecule has 2 N–H and O–H groups in total. The van der Waals surface area contributed by atoms with Crippen LogP contribution >= 0.6 is 0 Å². The van der Waals surface area contributed by atoms with E-state index in [4.69, 9.17) is 10.5 Å². The highest BCUT2D eigenvalue weighted by molar-refractivity contribution is 5.53. The van der Waals surface area contributed by atoms with Gasteiger partial charge in [0.2, 0.25) is 0 Å². The van der Waals surface area contributed by atoms with Gasteiger partial charge in [-0.15, -0.1) is 0 Å². The Morgan fingerprint density at radius 1 is 1.42 bits per heavy atom. The molecule has 19 heavy (non-hydrogen) atoms. The molecule has 1 fully saturated rings. The Labute approximate surface area is 113 Å². The van der Waals surface area contributed by atoms with Crippen molar-refractivity contribution < 1.29 is 9.53 Å². The minimum absolute atomic E-state index is 0.112. The van der Waals surface area contributed by atoms with Gasteiger partial charge in [0, 0.05) is 45.9 Å². The number of ether oxygens (including phenoxy) is 1. The predicted molar refractivity (Wildman–Crippen MR) is 73.9 cm³/mol. The summed E-state index contributed by atoms with van der Waals surface area (Å²) in [5, 5.41) is 0. The van der Waals surface area contributed by atoms with Gasteiger partial charge in [-0.3, -0.25) is 9.88 Å². The zero-order chi connectivity index (χ0) is 13.7. The summed E-state index contributed by atoms with van der Waals surface area (Å²) in [6.45, 7) is 3.48. The summed E-state index contributed by atoms with van der Waals surface area (Å²) in [5.74, 6) is 0. The average molecular weight is 264 g/mol. The SMILES string of the molecule is CO[C@@H](CC=O)N1CCN(c2cncc(N)c2)CC1. The lowest BCUT2D eigenvalue weighted by Gasteiger charge is -2.39. The Kier molecular flexibility index (Phi) is 4.70. The molecule has 0 aliphatic carbocycles. The first kappa shape index (κ1) is 13.8. The fraction of sp³-hybridized carbons (Fsp3) is 0.538. The molecule has 0 unspecified atom stereocenters. The number of piperazine rings is 1. The minimum Gasteiger partial charge on any atom is -0.397 e. The number of carbonyl (C=O) groups excluding carboxylic acids is 1. The molecule has 104 valence electrons. The zero-order valence-electron chi connectivity index (χ0n) is 11.2. The van der Waals surface area contributed by atoms with Gasteiger partial charge in [0.15, 0.2) is 0 Å². The Hall–Kier alpha value is -1.66. The van der Waals surface area contributed by atoms with Crippen molar-refractivity contribution in [2.24, 2.45) is 0 Å². The zero-order valence-corrected chi connectivity index (χ0v) is 11.2. The van der Waals surface area contributed by atoms with E-state index in [2.05, 4.69) is 14.8 Å². The van der Waals surface area contributed by atoms with Gasteiger partial charge in [0.1, 0.15) is 12.5 Å². The molecule has 0 radical (unpaired) electrons. The smallest absolute Gasteiger partial charge is 0.123 e. The Balaban J connectivity index is 1.93. The number of nitrogens with two attached hydrogens (primary N) is 1. The predicted octanol–water partition coefficient (Wildman–Crippen LogP) is 0.347. The molecule has 0 amide bonds. The number of hydrogen-bond donors (Lipinski definition) is 1. The van der Waals surface area contributed by atoms with E-state index in [0.29, 0.717) is 12.1 Å². The normalized spacial score (nSPS) is 18.3. The molecular formula is C13H20N4O2. The molecule has 1 aromatic heterocycles. The quantitative estimate of drug-likeness (QED) is 0.774. The van der Waals surface area contributed by atoms with Gasteiger partial charge in [0.05, 0.1) is 17.6 Å². The highest BCUT2D eigenvalue weighted by atomic mass is 16.5. The number of rotatable bonds is 5. The van der Waals surface area contributed by atoms with Crippen LogP contribution in [0.3, 0.4) is 0 Å². The van der Waals surface area contributed by atoms with Gasteiger partial charge in [-0.1, -0.05) is 0 Å². The van der Waals surface area contributed by atoms with Gasteiger partial charge in [-0.25, -0.2) is 0 Å². The number of carbonyl (C=O) groups is 1. The van der Waals surface area contributed by atoms with Gasteiger partial charge < -0.3 is 20.2 Å². The van der Waals surface area contributed by atoms with Crippen molar-refractivity contribution in [1.29, 1.82) is 0 Å². The second kappa shape index (κ2) is 6.49. The molecule has 2 heterocycles. The monoisotopic (exact) mass is 264 g/mol. The van der Waals surface area contributed by atoms with Crippen molar-refractivity contribution in [2.45, 2.75) is 12.6 Å². The molecular weight excluding hydrogens is 244 g/mol. The lowest BCUT2D eigenvalue weighted by molar-refractivity contribution is -0.114. The summed E-state index contributed by atoms with van der Waals surface area (Å²) >= 11 is 0. The standard InChI is InChI=1S/C13H20N4O2/c1-19-13(2-7-18)17-5-3-16(4-6-17)12-8-11(14)9-15-10-12/h7-10,13H,2-6,14H2,1H3/t13-/m0/s1. The number of pyridine rings is 1. The third-order valence-electron chi connectivity index (χ3n) is 3.40. The van der Waals surface area contributed by atoms with Crippen molar-refractivity contribution in [2.75, 3.05) is 43.9 Å². The fourth-order valence-corrected chi connectivity index (χ4v) is 2.36. The number of aldehydes is 1. The van der Waals surface area contributed by atoms with Crippen LogP contribution in [0.25, 0.3) is 0 Å². The Morgan fingerprint density at radius 2 is 2.16 bits per heavy atom. The third-order valence-corrected chi connectivity index (χ3v) is 3.40. The molecule has 0 spiro atoms. The minimum atomic E-state index is -0.112. The van der Waals surface area contributed by atoms with Crippen LogP contribution in [-0.2, 0) is 9.53 Å². The van der Waals surface area contributed by atoms with Gasteiger partial charge >= 0.3 is 0 Å². The van der Waals surface area contributed by atoms with E-state index in [1.54, 1.807) is 13.3 Å². The molecule has 0 saturated carbocycles. The highest BCUT2D eigenvalue weighted by Gasteiger charge is 2.23. The number of nitrogens with zero attached hydrogens (tertiary/aromatic N) is 3. The number of anilines is 2. The van der Waals surface area contributed by atoms with Crippen molar-refractivity contribution in [1.82, 2.24) is 9.88 Å². The molecule has 6 heteroatoms. The number of methoxy groups -OCH3 is 1. The van der Waals surface area contributed by atoms with E-state index in [1.165, 1.54) is 0 Å². The van der Waals surface area contributed by atoms with E-state index in [0.717, 1.165) is 38.2 Å². The first-order valence-electron chi connectivity index (χ1n) is 6.40. The number of aromatic nitrogens is 1. The molecule has 0 bridgehead atoms. The van der Waals surface area contributed by atoms with E-state index in [1.807, 2.05) is 12.3 Å². The first-order chi connectivity index (χ1) is 9.24. The fourth-order valence-electron chi connectivity index (χ4n) is 2.36. The average Bonchev–Trinajstić information content (AvgIpc) is 2.45. The van der Waals surface area contributed by atoms with Gasteiger partial charge in [-0.2, -0.15) is 0 Å². The van der Waals surface area contributed by atoms with Crippen LogP contribution < -0.4 is 10.6 Å². The summed E-state index contributed by atoms with van der Waals surface area (Å²) in [6.07, 6.45) is 4.67. The van der Waals surface area contributed by atoms with Crippen LogP contribution in [-0.4, -0.2) is 55.7 Å². The van der Waals surface area contributed by atoms with E-state index < -0.39 is 0 Å². The maximum Gasteiger partial charge on any atom is 0.123 e. The molecule has 0 aromatic carbocycles. The largest absolute Gasteiger partial charge is 0.397 e. The maximum atomic E-state index is 10.6. The summed E-state index contributed by atoms with van der Waals surface area (Å²) in [7, 11) is 1.64. The Bertz CT molecular complexity index is 419. The Morgan fingerprint density at radius 3 is 2.74 bits per heavy atom. The van der Waals surface area contributed by atoms with Crippen molar-refractivity contribution in [3.05, 3.63) is 18.5 Å². The van der Waals surface area contributed by atoms with E-state index in [-0.39, 0.29) is 6.23 Å². The van der Waals surface area contributed by atoms with E-state index >= 15 is 0 Å². The van der Waals surface area contributed by atoms with Crippen LogP contribution in [0.1, 0.15) is 6.42 Å². The molecule has 1 saturated heterocycles. The second-order valence-corrected chi connectivity index (χ2v) is 4.59. The first-order valence-corrected chi connectivity index (χ1v) is 6.40. The van der Waals surface area contributed by atoms with Crippen LogP contribution in [0.15, 0.2) is 18.5 Å². The summed E-state index contributed by atoms with van der Waals surface area (Å²) in [4.78, 5) is 19.1. The lowest BCUT2D eigenvalue weighted by atomic mass is 10.2. The van der Waals surface area contributed by atoms with Crippen LogP contribution in [0.2, 0.25) is 0 Å². The van der Waals surface area contributed by atoms with E-state index in [9.17, 15) is 4.79 Å². The lowest BCUT2D eigenvalue weighted by Crippen LogP contribution is -2.51. The maximum absolute atomic E-state index is 10.6. The molecule has 1 aliphatic rings. The molecule has 6 nitrogen and oxygen atoms in total. The summed E-state index contributed by atoms with van der Waals surface area (Å²) in [6, 6.07) is 1.93. The second-order valence-electron chi connectivity index (χ2n) is 4.59. The summed E-state index contributed by atoms with van der Waals surface area (Å²) < 4.78 is 5.33. The third kappa shape index (κ3) is 3.42. The topological polar surface area (TPSA) is 71.7 Å². The number of nitrogen functional groups attached to an aromatic ring is 1. The molecule has 1 aliphatic heterocycles. The number of hydrogen-bond acceptors (Lipinski definition) is 6. The van der Waals surface area contributed by atoms with Gasteiger partial charge in [0.25, 0.3) is 0 Å². The van der Waals surface area contributed by atoms with Gasteiger partial charge in [-0.05, 0) is 6.07 Å². The van der Waals surface area contributed by atoms with Crippen LogP contribution in [0.5, 0.6) is 0 Å². The van der Waals surface area contributed by atoms with Crippen molar-refractivity contribution >= 4 is 17.7 Å².